The number of carbonyl (C=O) groups excluding carboxylic acids is 1. The summed E-state index contributed by atoms with van der Waals surface area (Å²) >= 11 is 0. The highest BCUT2D eigenvalue weighted by Gasteiger charge is 2.19. The monoisotopic (exact) mass is 320 g/mol. The summed E-state index contributed by atoms with van der Waals surface area (Å²) in [5.74, 6) is 0.842. The van der Waals surface area contributed by atoms with Gasteiger partial charge in [-0.05, 0) is 50.5 Å². The predicted molar refractivity (Wildman–Crippen MR) is 90.5 cm³/mol. The summed E-state index contributed by atoms with van der Waals surface area (Å²) in [5.41, 5.74) is 2.37. The molecule has 0 saturated carbocycles. The van der Waals surface area contributed by atoms with Crippen LogP contribution >= 0.6 is 0 Å². The molecule has 0 aromatic heterocycles. The van der Waals surface area contributed by atoms with Gasteiger partial charge in [-0.3, -0.25) is 4.79 Å². The van der Waals surface area contributed by atoms with E-state index in [0.29, 0.717) is 13.1 Å². The maximum atomic E-state index is 11.5. The van der Waals surface area contributed by atoms with E-state index in [9.17, 15) is 9.90 Å². The standard InChI is InChI=1S/C18H28N2O3/c1-13(21)20-8-7-14-5-6-17(9-15(14)11-20)23-12-16(22)10-19-18(2,3)4/h5-6,9,16,19,22H,7-8,10-12H2,1-4H3. The molecule has 2 N–H and O–H groups in total. The summed E-state index contributed by atoms with van der Waals surface area (Å²) < 4.78 is 5.70. The molecule has 0 saturated heterocycles. The van der Waals surface area contributed by atoms with Crippen LogP contribution < -0.4 is 10.1 Å². The molecule has 5 heteroatoms. The Morgan fingerprint density at radius 2 is 2.13 bits per heavy atom. The smallest absolute Gasteiger partial charge is 0.219 e. The fourth-order valence-corrected chi connectivity index (χ4v) is 2.57. The van der Waals surface area contributed by atoms with Crippen LogP contribution in [0.3, 0.4) is 0 Å². The average molecular weight is 320 g/mol. The van der Waals surface area contributed by atoms with Crippen molar-refractivity contribution in [3.05, 3.63) is 29.3 Å². The third kappa shape index (κ3) is 5.52. The third-order valence-electron chi connectivity index (χ3n) is 3.95. The van der Waals surface area contributed by atoms with Gasteiger partial charge in [0.05, 0.1) is 0 Å². The molecular weight excluding hydrogens is 292 g/mol. The Labute approximate surface area is 138 Å². The number of β-amino-alcohol motifs (C(OH)–C–C–N with tert-alkyl or cyclic N) is 1. The van der Waals surface area contributed by atoms with Crippen LogP contribution in [-0.4, -0.2) is 47.3 Å². The maximum Gasteiger partial charge on any atom is 0.219 e. The van der Waals surface area contributed by atoms with Crippen molar-refractivity contribution in [2.75, 3.05) is 19.7 Å². The fraction of sp³-hybridized carbons (Fsp3) is 0.611. The largest absolute Gasteiger partial charge is 0.491 e. The molecule has 1 atom stereocenters. The first-order valence-electron chi connectivity index (χ1n) is 8.18. The van der Waals surface area contributed by atoms with Crippen LogP contribution in [0.1, 0.15) is 38.8 Å². The van der Waals surface area contributed by atoms with Gasteiger partial charge in [0.25, 0.3) is 0 Å². The number of aliphatic hydroxyl groups is 1. The van der Waals surface area contributed by atoms with E-state index in [-0.39, 0.29) is 18.1 Å². The van der Waals surface area contributed by atoms with Crippen LogP contribution in [0.25, 0.3) is 0 Å². The molecule has 1 aliphatic rings. The Hall–Kier alpha value is -1.59. The first kappa shape index (κ1) is 17.8. The third-order valence-corrected chi connectivity index (χ3v) is 3.95. The Bertz CT molecular complexity index is 552. The zero-order valence-corrected chi connectivity index (χ0v) is 14.6. The molecule has 0 spiro atoms. The number of fused-ring (bicyclic) bond motifs is 1. The van der Waals surface area contributed by atoms with Gasteiger partial charge in [0.1, 0.15) is 18.5 Å². The van der Waals surface area contributed by atoms with Gasteiger partial charge in [-0.25, -0.2) is 0 Å². The van der Waals surface area contributed by atoms with E-state index in [1.807, 2.05) is 17.0 Å². The number of carbonyl (C=O) groups is 1. The summed E-state index contributed by atoms with van der Waals surface area (Å²) in [5, 5.41) is 13.2. The van der Waals surface area contributed by atoms with Crippen molar-refractivity contribution < 1.29 is 14.6 Å². The lowest BCUT2D eigenvalue weighted by atomic mass is 9.99. The molecule has 1 heterocycles. The molecule has 1 amide bonds. The van der Waals surface area contributed by atoms with Gasteiger partial charge in [-0.15, -0.1) is 0 Å². The zero-order valence-electron chi connectivity index (χ0n) is 14.6. The molecule has 0 radical (unpaired) electrons. The molecule has 0 fully saturated rings. The maximum absolute atomic E-state index is 11.5. The summed E-state index contributed by atoms with van der Waals surface area (Å²) in [7, 11) is 0. The minimum absolute atomic E-state index is 0.0249. The van der Waals surface area contributed by atoms with E-state index in [1.54, 1.807) is 6.92 Å². The van der Waals surface area contributed by atoms with Crippen molar-refractivity contribution in [3.8, 4) is 5.75 Å². The van der Waals surface area contributed by atoms with Crippen LogP contribution in [0.2, 0.25) is 0 Å². The van der Waals surface area contributed by atoms with Gasteiger partial charge in [-0.2, -0.15) is 0 Å². The van der Waals surface area contributed by atoms with Crippen LogP contribution in [0.15, 0.2) is 18.2 Å². The fourth-order valence-electron chi connectivity index (χ4n) is 2.57. The van der Waals surface area contributed by atoms with Crippen LogP contribution in [0.4, 0.5) is 0 Å². The predicted octanol–water partition coefficient (Wildman–Crippen LogP) is 1.72. The second-order valence-corrected chi connectivity index (χ2v) is 7.22. The quantitative estimate of drug-likeness (QED) is 0.867. The van der Waals surface area contributed by atoms with Gasteiger partial charge < -0.3 is 20.1 Å². The number of hydrogen-bond donors (Lipinski definition) is 2. The SMILES string of the molecule is CC(=O)N1CCc2ccc(OCC(O)CNC(C)(C)C)cc2C1. The summed E-state index contributed by atoms with van der Waals surface area (Å²) in [6.07, 6.45) is 0.326. The van der Waals surface area contributed by atoms with Crippen molar-refractivity contribution in [2.24, 2.45) is 0 Å². The number of nitrogens with one attached hydrogen (secondary N) is 1. The minimum Gasteiger partial charge on any atom is -0.491 e. The molecule has 1 unspecified atom stereocenters. The van der Waals surface area contributed by atoms with Crippen LogP contribution in [-0.2, 0) is 17.8 Å². The summed E-state index contributed by atoms with van der Waals surface area (Å²) in [4.78, 5) is 13.4. The molecule has 1 aliphatic heterocycles. The van der Waals surface area contributed by atoms with Gasteiger partial charge in [-0.1, -0.05) is 6.07 Å². The van der Waals surface area contributed by atoms with Crippen molar-refractivity contribution in [1.29, 1.82) is 0 Å². The Morgan fingerprint density at radius 3 is 2.78 bits per heavy atom. The van der Waals surface area contributed by atoms with E-state index in [2.05, 4.69) is 32.2 Å². The molecule has 0 aliphatic carbocycles. The van der Waals surface area contributed by atoms with Crippen LogP contribution in [0.5, 0.6) is 5.75 Å². The van der Waals surface area contributed by atoms with Gasteiger partial charge in [0.15, 0.2) is 0 Å². The molecule has 1 aromatic rings. The van der Waals surface area contributed by atoms with Crippen molar-refractivity contribution in [3.63, 3.8) is 0 Å². The van der Waals surface area contributed by atoms with Gasteiger partial charge in [0, 0.05) is 32.1 Å². The van der Waals surface area contributed by atoms with E-state index < -0.39 is 6.10 Å². The number of benzene rings is 1. The Balaban J connectivity index is 1.90. The number of amides is 1. The number of nitrogens with zero attached hydrogens (tertiary/aromatic N) is 1. The second-order valence-electron chi connectivity index (χ2n) is 7.22. The lowest BCUT2D eigenvalue weighted by Gasteiger charge is -2.28. The van der Waals surface area contributed by atoms with E-state index in [1.165, 1.54) is 5.56 Å². The summed E-state index contributed by atoms with van der Waals surface area (Å²) in [6.45, 7) is 9.94. The molecule has 5 nitrogen and oxygen atoms in total. The Morgan fingerprint density at radius 1 is 1.39 bits per heavy atom. The number of ether oxygens (including phenoxy) is 1. The van der Waals surface area contributed by atoms with Gasteiger partial charge >= 0.3 is 0 Å². The number of hydrogen-bond acceptors (Lipinski definition) is 4. The lowest BCUT2D eigenvalue weighted by Crippen LogP contribution is -2.42. The molecular formula is C18H28N2O3. The lowest BCUT2D eigenvalue weighted by molar-refractivity contribution is -0.129. The van der Waals surface area contributed by atoms with E-state index >= 15 is 0 Å². The molecule has 128 valence electrons. The number of aliphatic hydroxyl groups excluding tert-OH is 1. The first-order chi connectivity index (χ1) is 10.7. The number of rotatable bonds is 5. The highest BCUT2D eigenvalue weighted by molar-refractivity contribution is 5.73. The second kappa shape index (κ2) is 7.32. The van der Waals surface area contributed by atoms with Gasteiger partial charge in [0.2, 0.25) is 5.91 Å². The van der Waals surface area contributed by atoms with E-state index in [0.717, 1.165) is 24.3 Å². The van der Waals surface area contributed by atoms with Crippen LogP contribution in [0, 0.1) is 0 Å². The van der Waals surface area contributed by atoms with Crippen molar-refractivity contribution in [2.45, 2.75) is 52.3 Å². The molecule has 1 aromatic carbocycles. The first-order valence-corrected chi connectivity index (χ1v) is 8.18. The minimum atomic E-state index is -0.557. The highest BCUT2D eigenvalue weighted by Crippen LogP contribution is 2.24. The normalized spacial score (nSPS) is 16.0. The van der Waals surface area contributed by atoms with E-state index in [4.69, 9.17) is 4.74 Å². The van der Waals surface area contributed by atoms with Crippen molar-refractivity contribution >= 4 is 5.91 Å². The Kier molecular flexibility index (Phi) is 5.65. The zero-order chi connectivity index (χ0) is 17.0. The summed E-state index contributed by atoms with van der Waals surface area (Å²) in [6, 6.07) is 5.97. The van der Waals surface area contributed by atoms with Crippen molar-refractivity contribution in [1.82, 2.24) is 10.2 Å². The molecule has 0 bridgehead atoms. The highest BCUT2D eigenvalue weighted by atomic mass is 16.5. The molecule has 2 rings (SSSR count). The average Bonchev–Trinajstić information content (AvgIpc) is 2.49. The topological polar surface area (TPSA) is 61.8 Å². The molecule has 23 heavy (non-hydrogen) atoms.